The van der Waals surface area contributed by atoms with Crippen molar-refractivity contribution in [3.63, 3.8) is 0 Å². The Balaban J connectivity index is 2.50. The average molecular weight is 403 g/mol. The first-order valence-corrected chi connectivity index (χ1v) is 12.0. The summed E-state index contributed by atoms with van der Waals surface area (Å²) in [6.45, 7) is 6.51. The maximum absolute atomic E-state index is 12.9. The number of aromatic nitrogens is 1. The van der Waals surface area contributed by atoms with E-state index >= 15 is 0 Å². The normalized spacial score (nSPS) is 12.5. The van der Waals surface area contributed by atoms with Crippen LogP contribution in [-0.2, 0) is 19.7 Å². The first-order valence-electron chi connectivity index (χ1n) is 7.78. The zero-order chi connectivity index (χ0) is 18.8. The summed E-state index contributed by atoms with van der Waals surface area (Å²) < 4.78 is 49.2. The van der Waals surface area contributed by atoms with Crippen LogP contribution in [0.3, 0.4) is 0 Å². The zero-order valence-electron chi connectivity index (χ0n) is 14.6. The molecule has 9 heteroatoms. The third-order valence-electron chi connectivity index (χ3n) is 3.49. The summed E-state index contributed by atoms with van der Waals surface area (Å²) in [4.78, 5) is 4.02. The molecule has 0 spiro atoms. The van der Waals surface area contributed by atoms with Gasteiger partial charge in [-0.3, -0.25) is 0 Å². The topological polar surface area (TPSA) is 93.2 Å². The first-order chi connectivity index (χ1) is 11.5. The van der Waals surface area contributed by atoms with E-state index in [4.69, 9.17) is 0 Å². The van der Waals surface area contributed by atoms with E-state index in [1.807, 2.05) is 6.92 Å². The Morgan fingerprint density at radius 2 is 1.72 bits per heavy atom. The van der Waals surface area contributed by atoms with Crippen LogP contribution in [0.4, 0.5) is 5.00 Å². The fourth-order valence-electron chi connectivity index (χ4n) is 2.04. The minimum absolute atomic E-state index is 0.0929. The number of benzene rings is 1. The van der Waals surface area contributed by atoms with E-state index in [1.54, 1.807) is 12.1 Å². The summed E-state index contributed by atoms with van der Waals surface area (Å²) in [7, 11) is -7.50. The molecule has 0 amide bonds. The molecule has 0 unspecified atom stereocenters. The SMILES string of the molecule is Cc1ccc(S(=O)(=O)c2nc(S(C)(=O)=O)sc2NCCC(C)C)cc1. The number of anilines is 1. The molecule has 0 atom stereocenters. The van der Waals surface area contributed by atoms with Crippen LogP contribution in [-0.4, -0.2) is 34.6 Å². The second-order valence-electron chi connectivity index (χ2n) is 6.31. The second kappa shape index (κ2) is 7.43. The highest BCUT2D eigenvalue weighted by atomic mass is 32.2. The number of hydrogen-bond acceptors (Lipinski definition) is 7. The minimum Gasteiger partial charge on any atom is -0.374 e. The Kier molecular flexibility index (Phi) is 5.90. The van der Waals surface area contributed by atoms with Gasteiger partial charge in [0.2, 0.25) is 24.0 Å². The number of nitrogens with zero attached hydrogens (tertiary/aromatic N) is 1. The van der Waals surface area contributed by atoms with Crippen LogP contribution in [0.1, 0.15) is 25.8 Å². The van der Waals surface area contributed by atoms with Gasteiger partial charge in [0.15, 0.2) is 5.03 Å². The molecular formula is C16H22N2O4S3. The van der Waals surface area contributed by atoms with Crippen LogP contribution >= 0.6 is 11.3 Å². The van der Waals surface area contributed by atoms with Crippen LogP contribution in [0, 0.1) is 12.8 Å². The maximum Gasteiger partial charge on any atom is 0.226 e. The van der Waals surface area contributed by atoms with E-state index in [0.29, 0.717) is 12.5 Å². The highest BCUT2D eigenvalue weighted by Gasteiger charge is 2.29. The number of nitrogens with one attached hydrogen (secondary N) is 1. The Morgan fingerprint density at radius 3 is 2.24 bits per heavy atom. The third kappa shape index (κ3) is 4.80. The quantitative estimate of drug-likeness (QED) is 0.765. The number of sulfone groups is 2. The molecule has 0 bridgehead atoms. The zero-order valence-corrected chi connectivity index (χ0v) is 17.1. The molecule has 2 aromatic rings. The molecule has 0 radical (unpaired) electrons. The standard InChI is InChI=1S/C16H22N2O4S3/c1-11(2)9-10-17-14-15(18-16(23-14)24(4,19)20)25(21,22)13-7-5-12(3)6-8-13/h5-8,11,17H,9-10H2,1-4H3. The molecule has 6 nitrogen and oxygen atoms in total. The molecular weight excluding hydrogens is 380 g/mol. The molecule has 0 saturated heterocycles. The molecule has 1 heterocycles. The van der Waals surface area contributed by atoms with Crippen LogP contribution < -0.4 is 5.32 Å². The van der Waals surface area contributed by atoms with Crippen molar-refractivity contribution >= 4 is 36.0 Å². The van der Waals surface area contributed by atoms with Crippen LogP contribution in [0.5, 0.6) is 0 Å². The van der Waals surface area contributed by atoms with Crippen molar-refractivity contribution in [3.8, 4) is 0 Å². The number of thiazole rings is 1. The largest absolute Gasteiger partial charge is 0.374 e. The fourth-order valence-corrected chi connectivity index (χ4v) is 5.59. The maximum atomic E-state index is 12.9. The van der Waals surface area contributed by atoms with Gasteiger partial charge in [-0.2, -0.15) is 0 Å². The van der Waals surface area contributed by atoms with Gasteiger partial charge in [-0.05, 0) is 31.4 Å². The summed E-state index contributed by atoms with van der Waals surface area (Å²) in [6, 6.07) is 6.40. The molecule has 0 aliphatic heterocycles. The van der Waals surface area contributed by atoms with Crippen molar-refractivity contribution < 1.29 is 16.8 Å². The summed E-state index contributed by atoms with van der Waals surface area (Å²) >= 11 is 0.853. The highest BCUT2D eigenvalue weighted by molar-refractivity contribution is 7.93. The third-order valence-corrected chi connectivity index (χ3v) is 8.00. The van der Waals surface area contributed by atoms with Crippen molar-refractivity contribution in [2.45, 2.75) is 41.5 Å². The van der Waals surface area contributed by atoms with Crippen molar-refractivity contribution in [2.24, 2.45) is 5.92 Å². The highest BCUT2D eigenvalue weighted by Crippen LogP contribution is 2.34. The number of hydrogen-bond donors (Lipinski definition) is 1. The van der Waals surface area contributed by atoms with E-state index in [2.05, 4.69) is 24.1 Å². The average Bonchev–Trinajstić information content (AvgIpc) is 2.92. The summed E-state index contributed by atoms with van der Waals surface area (Å²) in [5.74, 6) is 0.437. The molecule has 0 fully saturated rings. The van der Waals surface area contributed by atoms with Gasteiger partial charge in [-0.15, -0.1) is 0 Å². The lowest BCUT2D eigenvalue weighted by molar-refractivity contribution is 0.590. The van der Waals surface area contributed by atoms with Crippen molar-refractivity contribution in [3.05, 3.63) is 29.8 Å². The minimum atomic E-state index is -3.90. The van der Waals surface area contributed by atoms with E-state index in [1.165, 1.54) is 12.1 Å². The van der Waals surface area contributed by atoms with E-state index in [-0.39, 0.29) is 19.3 Å². The summed E-state index contributed by atoms with van der Waals surface area (Å²) in [5.41, 5.74) is 0.935. The molecule has 1 N–H and O–H groups in total. The van der Waals surface area contributed by atoms with Crippen molar-refractivity contribution in [2.75, 3.05) is 18.1 Å². The molecule has 1 aromatic carbocycles. The Hall–Kier alpha value is -1.45. The lowest BCUT2D eigenvalue weighted by atomic mass is 10.1. The monoisotopic (exact) mass is 402 g/mol. The van der Waals surface area contributed by atoms with Gasteiger partial charge >= 0.3 is 0 Å². The molecule has 1 aromatic heterocycles. The van der Waals surface area contributed by atoms with Gasteiger partial charge in [-0.25, -0.2) is 21.8 Å². The molecule has 0 aliphatic carbocycles. The van der Waals surface area contributed by atoms with Gasteiger partial charge in [0.25, 0.3) is 0 Å². The first kappa shape index (κ1) is 19.9. The van der Waals surface area contributed by atoms with Gasteiger partial charge in [-0.1, -0.05) is 42.9 Å². The summed E-state index contributed by atoms with van der Waals surface area (Å²) in [6.07, 6.45) is 1.85. The Bertz CT molecular complexity index is 944. The second-order valence-corrected chi connectivity index (χ2v) is 11.4. The Morgan fingerprint density at radius 1 is 1.12 bits per heavy atom. The lowest BCUT2D eigenvalue weighted by Gasteiger charge is -2.08. The predicted octanol–water partition coefficient (Wildman–Crippen LogP) is 3.15. The molecule has 25 heavy (non-hydrogen) atoms. The molecule has 2 rings (SSSR count). The summed E-state index contributed by atoms with van der Waals surface area (Å²) in [5, 5.41) is 3.07. The van der Waals surface area contributed by atoms with Crippen molar-refractivity contribution in [1.29, 1.82) is 0 Å². The molecule has 138 valence electrons. The van der Waals surface area contributed by atoms with E-state index < -0.39 is 19.7 Å². The fraction of sp³-hybridized carbons (Fsp3) is 0.438. The molecule has 0 saturated carbocycles. The number of rotatable bonds is 7. The molecule has 0 aliphatic rings. The lowest BCUT2D eigenvalue weighted by Crippen LogP contribution is -2.09. The van der Waals surface area contributed by atoms with E-state index in [0.717, 1.165) is 29.6 Å². The van der Waals surface area contributed by atoms with Gasteiger partial charge < -0.3 is 5.32 Å². The van der Waals surface area contributed by atoms with Crippen molar-refractivity contribution in [1.82, 2.24) is 4.98 Å². The van der Waals surface area contributed by atoms with E-state index in [9.17, 15) is 16.8 Å². The van der Waals surface area contributed by atoms with Crippen LogP contribution in [0.25, 0.3) is 0 Å². The van der Waals surface area contributed by atoms with Crippen LogP contribution in [0.2, 0.25) is 0 Å². The van der Waals surface area contributed by atoms with Crippen LogP contribution in [0.15, 0.2) is 38.5 Å². The predicted molar refractivity (Wildman–Crippen MR) is 99.8 cm³/mol. The van der Waals surface area contributed by atoms with Gasteiger partial charge in [0.05, 0.1) is 4.90 Å². The van der Waals surface area contributed by atoms with Gasteiger partial charge in [0, 0.05) is 12.8 Å². The smallest absolute Gasteiger partial charge is 0.226 e. The Labute approximate surface area is 153 Å². The number of aryl methyl sites for hydroxylation is 1. The van der Waals surface area contributed by atoms with Gasteiger partial charge in [0.1, 0.15) is 5.00 Å².